The molecule has 0 amide bonds. The predicted molar refractivity (Wildman–Crippen MR) is 61.6 cm³/mol. The molecule has 15 heavy (non-hydrogen) atoms. The first-order valence-electron chi connectivity index (χ1n) is 5.06. The summed E-state index contributed by atoms with van der Waals surface area (Å²) in [6.07, 6.45) is 1.25. The van der Waals surface area contributed by atoms with Crippen molar-refractivity contribution in [2.24, 2.45) is 11.8 Å². The lowest BCUT2D eigenvalue weighted by Gasteiger charge is -2.09. The van der Waals surface area contributed by atoms with Crippen LogP contribution in [0.15, 0.2) is 12.1 Å². The molecule has 3 N–H and O–H groups in total. The number of hydrogen-bond acceptors (Lipinski definition) is 2. The third kappa shape index (κ3) is 2.34. The van der Waals surface area contributed by atoms with E-state index in [1.54, 1.807) is 6.07 Å². The van der Waals surface area contributed by atoms with Gasteiger partial charge in [-0.3, -0.25) is 0 Å². The van der Waals surface area contributed by atoms with E-state index in [0.29, 0.717) is 11.6 Å². The van der Waals surface area contributed by atoms with Crippen LogP contribution in [0.1, 0.15) is 13.3 Å². The summed E-state index contributed by atoms with van der Waals surface area (Å²) < 4.78 is 13.0. The van der Waals surface area contributed by atoms with Crippen molar-refractivity contribution >= 4 is 23.0 Å². The maximum atomic E-state index is 13.0. The topological polar surface area (TPSA) is 38.0 Å². The highest BCUT2D eigenvalue weighted by atomic mass is 35.5. The van der Waals surface area contributed by atoms with Gasteiger partial charge in [0, 0.05) is 12.6 Å². The Kier molecular flexibility index (Phi) is 2.74. The maximum Gasteiger partial charge on any atom is 0.143 e. The van der Waals surface area contributed by atoms with Crippen LogP contribution in [-0.4, -0.2) is 6.54 Å². The van der Waals surface area contributed by atoms with Crippen LogP contribution in [0.5, 0.6) is 0 Å². The van der Waals surface area contributed by atoms with Gasteiger partial charge in [0.15, 0.2) is 0 Å². The summed E-state index contributed by atoms with van der Waals surface area (Å²) in [5.74, 6) is 1.03. The molecule has 2 nitrogen and oxygen atoms in total. The van der Waals surface area contributed by atoms with Crippen molar-refractivity contribution in [2.75, 3.05) is 17.6 Å². The largest absolute Gasteiger partial charge is 0.397 e. The SMILES string of the molecule is CC1CC1CNc1cc(Cl)c(F)cc1N. The van der Waals surface area contributed by atoms with Crippen molar-refractivity contribution in [1.82, 2.24) is 0 Å². The Morgan fingerprint density at radius 1 is 1.60 bits per heavy atom. The van der Waals surface area contributed by atoms with E-state index < -0.39 is 5.82 Å². The van der Waals surface area contributed by atoms with Crippen LogP contribution in [0.4, 0.5) is 15.8 Å². The van der Waals surface area contributed by atoms with E-state index in [9.17, 15) is 4.39 Å². The van der Waals surface area contributed by atoms with Crippen molar-refractivity contribution in [3.8, 4) is 0 Å². The molecular weight excluding hydrogens is 215 g/mol. The molecule has 82 valence electrons. The van der Waals surface area contributed by atoms with Crippen LogP contribution >= 0.6 is 11.6 Å². The van der Waals surface area contributed by atoms with Gasteiger partial charge in [-0.05, 0) is 24.3 Å². The van der Waals surface area contributed by atoms with Crippen LogP contribution in [0, 0.1) is 17.7 Å². The van der Waals surface area contributed by atoms with Gasteiger partial charge in [-0.2, -0.15) is 0 Å². The van der Waals surface area contributed by atoms with E-state index in [1.165, 1.54) is 12.5 Å². The van der Waals surface area contributed by atoms with Crippen molar-refractivity contribution in [1.29, 1.82) is 0 Å². The van der Waals surface area contributed by atoms with Crippen LogP contribution in [0.3, 0.4) is 0 Å². The van der Waals surface area contributed by atoms with Gasteiger partial charge in [0.05, 0.1) is 16.4 Å². The van der Waals surface area contributed by atoms with Gasteiger partial charge >= 0.3 is 0 Å². The molecule has 0 bridgehead atoms. The number of rotatable bonds is 3. The minimum absolute atomic E-state index is 0.107. The maximum absolute atomic E-state index is 13.0. The fourth-order valence-electron chi connectivity index (χ4n) is 1.64. The molecule has 4 heteroatoms. The Bertz CT molecular complexity index is 381. The number of nitrogens with one attached hydrogen (secondary N) is 1. The molecule has 0 heterocycles. The minimum Gasteiger partial charge on any atom is -0.397 e. The number of hydrogen-bond donors (Lipinski definition) is 2. The van der Waals surface area contributed by atoms with Gasteiger partial charge < -0.3 is 11.1 Å². The number of nitrogen functional groups attached to an aromatic ring is 1. The molecule has 1 fully saturated rings. The average Bonchev–Trinajstić information content (AvgIpc) is 2.86. The summed E-state index contributed by atoms with van der Waals surface area (Å²) in [6.45, 7) is 3.10. The molecular formula is C11H14ClFN2. The number of anilines is 2. The van der Waals surface area contributed by atoms with Gasteiger partial charge in [0.25, 0.3) is 0 Å². The van der Waals surface area contributed by atoms with E-state index >= 15 is 0 Å². The third-order valence-electron chi connectivity index (χ3n) is 2.92. The van der Waals surface area contributed by atoms with Crippen molar-refractivity contribution in [3.05, 3.63) is 23.0 Å². The zero-order valence-corrected chi connectivity index (χ0v) is 9.31. The second kappa shape index (κ2) is 3.89. The third-order valence-corrected chi connectivity index (χ3v) is 3.21. The smallest absolute Gasteiger partial charge is 0.143 e. The molecule has 1 aliphatic carbocycles. The molecule has 1 aliphatic rings. The highest BCUT2D eigenvalue weighted by Crippen LogP contribution is 2.38. The average molecular weight is 229 g/mol. The Balaban J connectivity index is 2.04. The zero-order valence-electron chi connectivity index (χ0n) is 8.56. The standard InChI is InChI=1S/C11H14ClFN2/c1-6-2-7(6)5-15-11-3-8(12)9(13)4-10(11)14/h3-4,6-7,15H,2,5,14H2,1H3. The molecule has 0 aliphatic heterocycles. The molecule has 1 aromatic rings. The van der Waals surface area contributed by atoms with E-state index in [2.05, 4.69) is 12.2 Å². The Labute approximate surface area is 93.6 Å². The molecule has 2 atom stereocenters. The monoisotopic (exact) mass is 228 g/mol. The molecule has 0 saturated heterocycles. The van der Waals surface area contributed by atoms with E-state index in [1.807, 2.05) is 0 Å². The number of halogens is 2. The van der Waals surface area contributed by atoms with Gasteiger partial charge in [0.1, 0.15) is 5.82 Å². The first-order valence-corrected chi connectivity index (χ1v) is 5.44. The second-order valence-electron chi connectivity index (χ2n) is 4.21. The molecule has 2 unspecified atom stereocenters. The van der Waals surface area contributed by atoms with E-state index in [0.717, 1.165) is 18.2 Å². The summed E-state index contributed by atoms with van der Waals surface area (Å²) in [7, 11) is 0. The lowest BCUT2D eigenvalue weighted by Crippen LogP contribution is -2.07. The Morgan fingerprint density at radius 2 is 2.27 bits per heavy atom. The zero-order chi connectivity index (χ0) is 11.0. The molecule has 0 aromatic heterocycles. The summed E-state index contributed by atoms with van der Waals surface area (Å²) in [5, 5.41) is 3.30. The minimum atomic E-state index is -0.473. The van der Waals surface area contributed by atoms with Gasteiger partial charge in [0.2, 0.25) is 0 Å². The molecule has 0 radical (unpaired) electrons. The summed E-state index contributed by atoms with van der Waals surface area (Å²) in [4.78, 5) is 0. The van der Waals surface area contributed by atoms with Crippen LogP contribution in [0.25, 0.3) is 0 Å². The fraction of sp³-hybridized carbons (Fsp3) is 0.455. The first-order chi connectivity index (χ1) is 7.08. The lowest BCUT2D eigenvalue weighted by molar-refractivity contribution is 0.629. The number of nitrogens with two attached hydrogens (primary N) is 1. The first kappa shape index (κ1) is 10.6. The summed E-state index contributed by atoms with van der Waals surface area (Å²) in [5.41, 5.74) is 6.80. The molecule has 1 aromatic carbocycles. The van der Waals surface area contributed by atoms with Gasteiger partial charge in [-0.1, -0.05) is 18.5 Å². The molecule has 2 rings (SSSR count). The van der Waals surface area contributed by atoms with E-state index in [-0.39, 0.29) is 5.02 Å². The highest BCUT2D eigenvalue weighted by Gasteiger charge is 2.31. The van der Waals surface area contributed by atoms with Crippen molar-refractivity contribution in [3.63, 3.8) is 0 Å². The molecule has 0 spiro atoms. The Hall–Kier alpha value is -0.960. The van der Waals surface area contributed by atoms with Crippen LogP contribution in [-0.2, 0) is 0 Å². The molecule has 1 saturated carbocycles. The Morgan fingerprint density at radius 3 is 2.87 bits per heavy atom. The van der Waals surface area contributed by atoms with Gasteiger partial charge in [-0.15, -0.1) is 0 Å². The fourth-order valence-corrected chi connectivity index (χ4v) is 1.80. The summed E-state index contributed by atoms with van der Waals surface area (Å²) in [6, 6.07) is 2.79. The second-order valence-corrected chi connectivity index (χ2v) is 4.61. The quantitative estimate of drug-likeness (QED) is 0.781. The summed E-state index contributed by atoms with van der Waals surface area (Å²) >= 11 is 5.67. The van der Waals surface area contributed by atoms with Crippen LogP contribution in [0.2, 0.25) is 5.02 Å². The highest BCUT2D eigenvalue weighted by molar-refractivity contribution is 6.31. The van der Waals surface area contributed by atoms with Gasteiger partial charge in [-0.25, -0.2) is 4.39 Å². The number of benzene rings is 1. The predicted octanol–water partition coefficient (Wildman–Crippen LogP) is 3.13. The van der Waals surface area contributed by atoms with Crippen molar-refractivity contribution < 1.29 is 4.39 Å². The van der Waals surface area contributed by atoms with Crippen molar-refractivity contribution in [2.45, 2.75) is 13.3 Å². The van der Waals surface area contributed by atoms with Crippen LogP contribution < -0.4 is 11.1 Å². The normalized spacial score (nSPS) is 23.9. The van der Waals surface area contributed by atoms with E-state index in [4.69, 9.17) is 17.3 Å². The lowest BCUT2D eigenvalue weighted by atomic mass is 10.2.